The van der Waals surface area contributed by atoms with Crippen LogP contribution in [0.15, 0.2) is 37.0 Å². The molecule has 1 aromatic heterocycles. The molecule has 0 aliphatic carbocycles. The monoisotopic (exact) mass is 310 g/mol. The summed E-state index contributed by atoms with van der Waals surface area (Å²) in [5.74, 6) is 0. The van der Waals surface area contributed by atoms with E-state index in [1.807, 2.05) is 27.7 Å². The number of anilines is 1. The van der Waals surface area contributed by atoms with E-state index in [-0.39, 0.29) is 7.53 Å². The molecule has 0 saturated heterocycles. The zero-order valence-electron chi connectivity index (χ0n) is 13.4. The predicted octanol–water partition coefficient (Wildman–Crippen LogP) is 5.27. The Hall–Kier alpha value is -1.88. The van der Waals surface area contributed by atoms with Crippen LogP contribution in [0.1, 0.15) is 32.8 Å². The summed E-state index contributed by atoms with van der Waals surface area (Å²) >= 11 is 1.35. The number of allylic oxidation sites excluding steroid dienone is 2. The molecule has 0 unspecified atom stereocenters. The van der Waals surface area contributed by atoms with E-state index in [1.165, 1.54) is 11.5 Å². The first-order valence-electron chi connectivity index (χ1n) is 6.85. The van der Waals surface area contributed by atoms with Gasteiger partial charge < -0.3 is 4.74 Å². The molecule has 1 amide bonds. The average molecular weight is 310 g/mol. The zero-order valence-corrected chi connectivity index (χ0v) is 14.2. The van der Waals surface area contributed by atoms with E-state index in [1.54, 1.807) is 25.2 Å². The highest BCUT2D eigenvalue weighted by Crippen LogP contribution is 2.23. The summed E-state index contributed by atoms with van der Waals surface area (Å²) in [6, 6.07) is 0. The standard InChI is InChI=1S/C14H18N2O2S.C2H6.H2/c1-6-8-12(7-2)10(4)18-14(17)15-13-9(3)16-19-11(13)5;1-2;/h6-8,10H,1-2H2,3-5H3,(H,15,17);1-2H3;1H/b12-8+;;/t10-;;/m1../s1. The third kappa shape index (κ3) is 5.95. The van der Waals surface area contributed by atoms with Gasteiger partial charge in [-0.3, -0.25) is 5.32 Å². The van der Waals surface area contributed by atoms with Crippen LogP contribution in [0.4, 0.5) is 10.5 Å². The number of nitrogens with one attached hydrogen (secondary N) is 1. The first kappa shape index (κ1) is 19.1. The maximum atomic E-state index is 11.8. The van der Waals surface area contributed by atoms with Crippen LogP contribution >= 0.6 is 11.5 Å². The lowest BCUT2D eigenvalue weighted by Gasteiger charge is -2.14. The lowest BCUT2D eigenvalue weighted by Crippen LogP contribution is -2.21. The summed E-state index contributed by atoms with van der Waals surface area (Å²) in [5.41, 5.74) is 2.30. The van der Waals surface area contributed by atoms with Crippen molar-refractivity contribution < 1.29 is 11.0 Å². The molecule has 1 heterocycles. The quantitative estimate of drug-likeness (QED) is 0.754. The minimum Gasteiger partial charge on any atom is -0.441 e. The molecule has 0 radical (unpaired) electrons. The Labute approximate surface area is 132 Å². The third-order valence-corrected chi connectivity index (χ3v) is 3.40. The number of hydrogen-bond donors (Lipinski definition) is 1. The summed E-state index contributed by atoms with van der Waals surface area (Å²) in [4.78, 5) is 12.8. The first-order chi connectivity index (χ1) is 9.99. The van der Waals surface area contributed by atoms with Crippen LogP contribution in [-0.2, 0) is 4.74 Å². The maximum Gasteiger partial charge on any atom is 0.412 e. The van der Waals surface area contributed by atoms with Gasteiger partial charge in [-0.25, -0.2) is 4.79 Å². The highest BCUT2D eigenvalue weighted by molar-refractivity contribution is 7.06. The Morgan fingerprint density at radius 1 is 1.43 bits per heavy atom. The second kappa shape index (κ2) is 9.94. The van der Waals surface area contributed by atoms with Crippen LogP contribution in [0, 0.1) is 13.8 Å². The number of carbonyl (C=O) groups is 1. The topological polar surface area (TPSA) is 51.2 Å². The molecule has 0 saturated carbocycles. The second-order valence-electron chi connectivity index (χ2n) is 3.98. The SMILES string of the molecule is C=C/C=C(\C=C)[C@@H](C)OC(=O)Nc1c(C)nsc1C.CC.[HH]. The minimum absolute atomic E-state index is 0. The maximum absolute atomic E-state index is 11.8. The molecule has 0 aliphatic heterocycles. The first-order valence-corrected chi connectivity index (χ1v) is 7.62. The number of ether oxygens (including phenoxy) is 1. The summed E-state index contributed by atoms with van der Waals surface area (Å²) in [6.07, 6.45) is 4.14. The van der Waals surface area contributed by atoms with Crippen molar-refractivity contribution in [3.8, 4) is 0 Å². The van der Waals surface area contributed by atoms with Crippen molar-refractivity contribution in [1.29, 1.82) is 0 Å². The van der Waals surface area contributed by atoms with Gasteiger partial charge in [0.2, 0.25) is 0 Å². The summed E-state index contributed by atoms with van der Waals surface area (Å²) in [7, 11) is 0. The normalized spacial score (nSPS) is 11.8. The molecule has 0 aliphatic rings. The van der Waals surface area contributed by atoms with E-state index in [0.717, 1.165) is 21.8 Å². The van der Waals surface area contributed by atoms with Gasteiger partial charge in [-0.2, -0.15) is 4.37 Å². The van der Waals surface area contributed by atoms with Crippen molar-refractivity contribution in [1.82, 2.24) is 4.37 Å². The van der Waals surface area contributed by atoms with Gasteiger partial charge in [0.25, 0.3) is 0 Å². The number of hydrogen-bond acceptors (Lipinski definition) is 4. The van der Waals surface area contributed by atoms with Crippen molar-refractivity contribution >= 4 is 23.3 Å². The Morgan fingerprint density at radius 2 is 2.05 bits per heavy atom. The van der Waals surface area contributed by atoms with Gasteiger partial charge in [0.1, 0.15) is 6.10 Å². The molecular weight excluding hydrogens is 284 g/mol. The average Bonchev–Trinajstić information content (AvgIpc) is 2.78. The van der Waals surface area contributed by atoms with Crippen LogP contribution in [-0.4, -0.2) is 16.6 Å². The van der Waals surface area contributed by atoms with Gasteiger partial charge in [0, 0.05) is 6.30 Å². The van der Waals surface area contributed by atoms with E-state index < -0.39 is 6.09 Å². The fourth-order valence-corrected chi connectivity index (χ4v) is 2.18. The number of rotatable bonds is 5. The van der Waals surface area contributed by atoms with Gasteiger partial charge in [-0.05, 0) is 37.9 Å². The van der Waals surface area contributed by atoms with Gasteiger partial charge in [-0.1, -0.05) is 45.2 Å². The lowest BCUT2D eigenvalue weighted by molar-refractivity contribution is 0.138. The molecule has 1 aromatic rings. The van der Waals surface area contributed by atoms with Crippen molar-refractivity contribution in [2.75, 3.05) is 5.32 Å². The highest BCUT2D eigenvalue weighted by atomic mass is 32.1. The minimum atomic E-state index is -0.504. The van der Waals surface area contributed by atoms with Gasteiger partial charge in [-0.15, -0.1) is 0 Å². The van der Waals surface area contributed by atoms with E-state index in [9.17, 15) is 4.79 Å². The smallest absolute Gasteiger partial charge is 0.412 e. The summed E-state index contributed by atoms with van der Waals surface area (Å²) in [6.45, 7) is 16.8. The van der Waals surface area contributed by atoms with Gasteiger partial charge in [0.15, 0.2) is 0 Å². The van der Waals surface area contributed by atoms with Crippen molar-refractivity contribution in [3.63, 3.8) is 0 Å². The van der Waals surface area contributed by atoms with Crippen molar-refractivity contribution in [3.05, 3.63) is 47.5 Å². The van der Waals surface area contributed by atoms with E-state index in [2.05, 4.69) is 22.8 Å². The van der Waals surface area contributed by atoms with Crippen LogP contribution < -0.4 is 5.32 Å². The van der Waals surface area contributed by atoms with Crippen LogP contribution in [0.3, 0.4) is 0 Å². The molecule has 0 aromatic carbocycles. The molecule has 1 atom stereocenters. The van der Waals surface area contributed by atoms with E-state index in [0.29, 0.717) is 0 Å². The Balaban J connectivity index is 0. The number of nitrogens with zero attached hydrogens (tertiary/aromatic N) is 1. The van der Waals surface area contributed by atoms with Crippen LogP contribution in [0.5, 0.6) is 0 Å². The van der Waals surface area contributed by atoms with Crippen molar-refractivity contribution in [2.45, 2.75) is 40.7 Å². The number of carbonyl (C=O) groups excluding carboxylic acids is 1. The molecule has 21 heavy (non-hydrogen) atoms. The molecule has 0 bridgehead atoms. The third-order valence-electron chi connectivity index (χ3n) is 2.56. The van der Waals surface area contributed by atoms with E-state index >= 15 is 0 Å². The molecule has 0 fully saturated rings. The van der Waals surface area contributed by atoms with Gasteiger partial charge >= 0.3 is 6.09 Å². The Morgan fingerprint density at radius 3 is 2.48 bits per heavy atom. The molecule has 1 N–H and O–H groups in total. The largest absolute Gasteiger partial charge is 0.441 e. The Kier molecular flexibility index (Phi) is 9.05. The molecule has 1 rings (SSSR count). The number of amides is 1. The second-order valence-corrected chi connectivity index (χ2v) is 4.96. The van der Waals surface area contributed by atoms with E-state index in [4.69, 9.17) is 4.74 Å². The fraction of sp³-hybridized carbons (Fsp3) is 0.375. The molecule has 5 heteroatoms. The van der Waals surface area contributed by atoms with Crippen LogP contribution in [0.2, 0.25) is 0 Å². The zero-order chi connectivity index (χ0) is 16.4. The lowest BCUT2D eigenvalue weighted by atomic mass is 10.1. The van der Waals surface area contributed by atoms with Crippen molar-refractivity contribution in [2.24, 2.45) is 0 Å². The highest BCUT2D eigenvalue weighted by Gasteiger charge is 2.15. The Bertz CT molecular complexity index is 505. The number of aromatic nitrogens is 1. The molecule has 0 spiro atoms. The molecule has 118 valence electrons. The van der Waals surface area contributed by atoms with Crippen LogP contribution in [0.25, 0.3) is 0 Å². The summed E-state index contributed by atoms with van der Waals surface area (Å²) < 4.78 is 9.44. The molecule has 4 nitrogen and oxygen atoms in total. The number of aryl methyl sites for hydroxylation is 2. The summed E-state index contributed by atoms with van der Waals surface area (Å²) in [5, 5.41) is 2.71. The molecular formula is C16H26N2O2S. The predicted molar refractivity (Wildman–Crippen MR) is 93.1 cm³/mol. The fourth-order valence-electron chi connectivity index (χ4n) is 1.53. The van der Waals surface area contributed by atoms with Gasteiger partial charge in [0.05, 0.1) is 11.4 Å².